The van der Waals surface area contributed by atoms with Crippen LogP contribution in [0.25, 0.3) is 0 Å². The van der Waals surface area contributed by atoms with Gasteiger partial charge in [0, 0.05) is 21.7 Å². The maximum absolute atomic E-state index is 12.7. The van der Waals surface area contributed by atoms with Gasteiger partial charge in [0.25, 0.3) is 0 Å². The first-order valence-electron chi connectivity index (χ1n) is 32.4. The average Bonchev–Trinajstić information content (AvgIpc) is 0.725. The summed E-state index contributed by atoms with van der Waals surface area (Å²) in [7, 11) is 0. The Morgan fingerprint density at radius 2 is 0.370 bits per heavy atom. The standard InChI is InChI=1S/C78H94O14/c1-73(53-61-85-69-41-21-9-22-42-69,49-29-57-81-65-33-13-5-14-34-65)77(89-79,74(2,54-62-86-70-43-23-10-24-44-70)50-30-58-82-66-35-15-6-16-36-66)91-92-78(90-80,75(3,55-63-87-71-45-25-11-26-46-71)51-31-59-83-67-37-17-7-18-38-67)76(4,56-64-88-72-47-27-12-28-48-72)52-32-60-84-68-39-19-8-20-40-68/h5-28,33-48,79-80H,29-32,49-64H2,1-4H3. The first-order valence-corrected chi connectivity index (χ1v) is 32.4. The van der Waals surface area contributed by atoms with E-state index in [0.717, 1.165) is 0 Å². The van der Waals surface area contributed by atoms with Gasteiger partial charge in [-0.05, 0) is 174 Å². The summed E-state index contributed by atoms with van der Waals surface area (Å²) < 4.78 is 52.1. The van der Waals surface area contributed by atoms with Crippen molar-refractivity contribution in [1.29, 1.82) is 0 Å². The van der Waals surface area contributed by atoms with Crippen molar-refractivity contribution in [1.82, 2.24) is 0 Å². The van der Waals surface area contributed by atoms with Gasteiger partial charge in [-0.1, -0.05) is 173 Å². The summed E-state index contributed by atoms with van der Waals surface area (Å²) >= 11 is 0. The first kappa shape index (κ1) is 69.8. The van der Waals surface area contributed by atoms with Gasteiger partial charge in [-0.2, -0.15) is 19.6 Å². The molecule has 0 heterocycles. The second-order valence-electron chi connectivity index (χ2n) is 24.5. The molecule has 0 aliphatic heterocycles. The summed E-state index contributed by atoms with van der Waals surface area (Å²) in [6, 6.07) is 77.1. The Bertz CT molecular complexity index is 2790. The number of rotatable bonds is 45. The topological polar surface area (TPSA) is 151 Å². The molecule has 92 heavy (non-hydrogen) atoms. The predicted molar refractivity (Wildman–Crippen MR) is 358 cm³/mol. The van der Waals surface area contributed by atoms with Gasteiger partial charge >= 0.3 is 0 Å². The number of hydrogen-bond acceptors (Lipinski definition) is 14. The molecule has 0 amide bonds. The van der Waals surface area contributed by atoms with Gasteiger partial charge in [0.1, 0.15) is 46.0 Å². The molecule has 0 aliphatic rings. The monoisotopic (exact) mass is 1250 g/mol. The molecule has 8 aromatic rings. The number of benzene rings is 8. The highest BCUT2D eigenvalue weighted by molar-refractivity contribution is 5.26. The third-order valence-electron chi connectivity index (χ3n) is 17.9. The van der Waals surface area contributed by atoms with Crippen LogP contribution in [0, 0.1) is 21.7 Å². The van der Waals surface area contributed by atoms with Crippen LogP contribution in [0.3, 0.4) is 0 Å². The Morgan fingerprint density at radius 1 is 0.217 bits per heavy atom. The van der Waals surface area contributed by atoms with Crippen LogP contribution < -0.4 is 37.9 Å². The van der Waals surface area contributed by atoms with E-state index >= 15 is 0 Å². The van der Waals surface area contributed by atoms with Crippen molar-refractivity contribution in [2.75, 3.05) is 52.9 Å². The van der Waals surface area contributed by atoms with Gasteiger partial charge in [-0.3, -0.25) is 0 Å². The van der Waals surface area contributed by atoms with Crippen LogP contribution in [0.4, 0.5) is 0 Å². The maximum atomic E-state index is 12.7. The summed E-state index contributed by atoms with van der Waals surface area (Å²) in [5, 5.41) is 25.4. The minimum atomic E-state index is -2.17. The molecule has 0 aromatic heterocycles. The molecule has 14 heteroatoms. The molecule has 0 saturated heterocycles. The molecule has 0 fully saturated rings. The molecule has 4 unspecified atom stereocenters. The van der Waals surface area contributed by atoms with Crippen molar-refractivity contribution in [2.24, 2.45) is 21.7 Å². The lowest BCUT2D eigenvalue weighted by atomic mass is 9.60. The van der Waals surface area contributed by atoms with E-state index in [-0.39, 0.29) is 52.1 Å². The van der Waals surface area contributed by atoms with Crippen LogP contribution >= 0.6 is 0 Å². The third-order valence-corrected chi connectivity index (χ3v) is 17.9. The predicted octanol–water partition coefficient (Wildman–Crippen LogP) is 18.6. The van der Waals surface area contributed by atoms with Crippen molar-refractivity contribution in [3.63, 3.8) is 0 Å². The van der Waals surface area contributed by atoms with Crippen LogP contribution in [0.15, 0.2) is 243 Å². The van der Waals surface area contributed by atoms with Crippen molar-refractivity contribution in [3.05, 3.63) is 243 Å². The molecule has 0 saturated carbocycles. The van der Waals surface area contributed by atoms with Crippen LogP contribution in [0.5, 0.6) is 46.0 Å². The largest absolute Gasteiger partial charge is 0.494 e. The lowest BCUT2D eigenvalue weighted by molar-refractivity contribution is -0.629. The fraction of sp³-hybridized carbons (Fsp3) is 0.385. The van der Waals surface area contributed by atoms with Crippen LogP contribution in [-0.2, 0) is 19.6 Å². The van der Waals surface area contributed by atoms with Gasteiger partial charge in [-0.15, -0.1) is 0 Å². The zero-order valence-corrected chi connectivity index (χ0v) is 54.0. The molecular formula is C78H94O14. The highest BCUT2D eigenvalue weighted by atomic mass is 17.3. The van der Waals surface area contributed by atoms with Gasteiger partial charge in [-0.25, -0.2) is 10.5 Å². The van der Waals surface area contributed by atoms with Crippen LogP contribution in [0.2, 0.25) is 0 Å². The van der Waals surface area contributed by atoms with Gasteiger partial charge in [0.05, 0.1) is 52.9 Å². The molecule has 8 aromatic carbocycles. The molecule has 0 radical (unpaired) electrons. The Hall–Kier alpha value is -8.08. The molecule has 0 bridgehead atoms. The zero-order valence-electron chi connectivity index (χ0n) is 54.0. The molecule has 490 valence electrons. The smallest absolute Gasteiger partial charge is 0.244 e. The number of para-hydroxylation sites is 8. The Balaban J connectivity index is 1.30. The van der Waals surface area contributed by atoms with Gasteiger partial charge in [0.15, 0.2) is 0 Å². The summed E-state index contributed by atoms with van der Waals surface area (Å²) in [6.45, 7) is 9.99. The number of hydrogen-bond donors (Lipinski definition) is 2. The molecule has 2 N–H and O–H groups in total. The molecule has 0 aliphatic carbocycles. The van der Waals surface area contributed by atoms with Crippen LogP contribution in [0.1, 0.15) is 105 Å². The van der Waals surface area contributed by atoms with E-state index in [9.17, 15) is 10.5 Å². The minimum absolute atomic E-state index is 0.162. The first-order chi connectivity index (χ1) is 45.0. The van der Waals surface area contributed by atoms with Gasteiger partial charge in [0.2, 0.25) is 11.6 Å². The summed E-state index contributed by atoms with van der Waals surface area (Å²) in [4.78, 5) is 27.9. The van der Waals surface area contributed by atoms with E-state index in [1.807, 2.05) is 270 Å². The molecular weight excluding hydrogens is 1160 g/mol. The lowest BCUT2D eigenvalue weighted by Gasteiger charge is -2.58. The van der Waals surface area contributed by atoms with E-state index in [1.54, 1.807) is 0 Å². The van der Waals surface area contributed by atoms with Crippen molar-refractivity contribution in [3.8, 4) is 46.0 Å². The molecule has 14 nitrogen and oxygen atoms in total. The normalized spacial score (nSPS) is 15.3. The zero-order chi connectivity index (χ0) is 64.5. The highest BCUT2D eigenvalue weighted by Crippen LogP contribution is 2.61. The number of ether oxygens (including phenoxy) is 8. The lowest BCUT2D eigenvalue weighted by Crippen LogP contribution is -2.66. The Labute approximate surface area is 545 Å². The average molecular weight is 1260 g/mol. The SMILES string of the molecule is CC(CCCOc1ccccc1)(CCOc1ccccc1)C(OO)(OOC(OO)(C(C)(CCCOc1ccccc1)CCOc1ccccc1)C(C)(CCCOc1ccccc1)CCOc1ccccc1)C(C)(CCCOc1ccccc1)CCOc1ccccc1. The third kappa shape index (κ3) is 19.7. The van der Waals surface area contributed by atoms with Crippen molar-refractivity contribution >= 4 is 0 Å². The van der Waals surface area contributed by atoms with E-state index in [1.165, 1.54) is 0 Å². The highest BCUT2D eigenvalue weighted by Gasteiger charge is 2.68. The van der Waals surface area contributed by atoms with Gasteiger partial charge < -0.3 is 37.9 Å². The van der Waals surface area contributed by atoms with Crippen LogP contribution in [-0.4, -0.2) is 74.9 Å². The summed E-state index contributed by atoms with van der Waals surface area (Å²) in [5.41, 5.74) is -4.98. The quantitative estimate of drug-likeness (QED) is 0.0161. The van der Waals surface area contributed by atoms with Crippen molar-refractivity contribution in [2.45, 2.75) is 116 Å². The summed E-state index contributed by atoms with van der Waals surface area (Å²) in [5.74, 6) is 1.17. The minimum Gasteiger partial charge on any atom is -0.494 e. The molecule has 0 spiro atoms. The van der Waals surface area contributed by atoms with Crippen molar-refractivity contribution < 1.29 is 68.0 Å². The Kier molecular flexibility index (Phi) is 27.5. The fourth-order valence-electron chi connectivity index (χ4n) is 12.6. The van der Waals surface area contributed by atoms with E-state index in [2.05, 4.69) is 0 Å². The van der Waals surface area contributed by atoms with E-state index in [0.29, 0.717) is 124 Å². The maximum Gasteiger partial charge on any atom is 0.244 e. The van der Waals surface area contributed by atoms with E-state index in [4.69, 9.17) is 57.4 Å². The van der Waals surface area contributed by atoms with E-state index < -0.39 is 33.2 Å². The Morgan fingerprint density at radius 3 is 0.522 bits per heavy atom. The second kappa shape index (κ2) is 36.2. The molecule has 4 atom stereocenters. The summed E-state index contributed by atoms with van der Waals surface area (Å²) in [6.07, 6.45) is 4.19. The fourth-order valence-corrected chi connectivity index (χ4v) is 12.6. The second-order valence-corrected chi connectivity index (χ2v) is 24.5. The molecule has 8 rings (SSSR count).